The summed E-state index contributed by atoms with van der Waals surface area (Å²) < 4.78 is 5.98. The third kappa shape index (κ3) is 3.10. The maximum atomic E-state index is 10.7. The Morgan fingerprint density at radius 3 is 2.75 bits per heavy atom. The van der Waals surface area contributed by atoms with Gasteiger partial charge in [-0.2, -0.15) is 9.97 Å². The first-order chi connectivity index (χ1) is 9.49. The van der Waals surface area contributed by atoms with Crippen LogP contribution in [0.1, 0.15) is 0 Å². The molecular weight excluding hydrogens is 332 g/mol. The van der Waals surface area contributed by atoms with Gasteiger partial charge in [-0.25, -0.2) is 5.84 Å². The number of halogens is 1. The van der Waals surface area contributed by atoms with Gasteiger partial charge in [0.25, 0.3) is 5.69 Å². The highest BCUT2D eigenvalue weighted by Crippen LogP contribution is 2.32. The molecule has 2 rings (SSSR count). The van der Waals surface area contributed by atoms with Crippen LogP contribution in [0, 0.1) is 10.1 Å². The van der Waals surface area contributed by atoms with Crippen molar-refractivity contribution in [2.45, 2.75) is 0 Å². The summed E-state index contributed by atoms with van der Waals surface area (Å²) in [7, 11) is 0. The van der Waals surface area contributed by atoms with Crippen molar-refractivity contribution in [3.8, 4) is 11.6 Å². The van der Waals surface area contributed by atoms with E-state index in [1.54, 1.807) is 0 Å². The number of nitro benzene ring substituents is 1. The molecule has 1 aromatic carbocycles. The van der Waals surface area contributed by atoms with Crippen LogP contribution in [-0.2, 0) is 0 Å². The number of nitrogens with one attached hydrogen (secondary N) is 1. The van der Waals surface area contributed by atoms with Crippen LogP contribution in [0.3, 0.4) is 0 Å². The molecule has 0 unspecified atom stereocenters. The Labute approximate surface area is 121 Å². The number of aromatic nitrogens is 2. The highest BCUT2D eigenvalue weighted by atomic mass is 79.9. The predicted molar refractivity (Wildman–Crippen MR) is 75.1 cm³/mol. The fourth-order valence-electron chi connectivity index (χ4n) is 1.37. The number of nitrogens with zero attached hydrogens (tertiary/aromatic N) is 3. The van der Waals surface area contributed by atoms with Crippen LogP contribution in [0.4, 0.5) is 17.5 Å². The number of nitrogens with two attached hydrogens (primary N) is 2. The second-order valence-electron chi connectivity index (χ2n) is 3.57. The highest BCUT2D eigenvalue weighted by molar-refractivity contribution is 9.10. The minimum atomic E-state index is -0.527. The van der Waals surface area contributed by atoms with Crippen molar-refractivity contribution in [2.75, 3.05) is 11.2 Å². The van der Waals surface area contributed by atoms with Crippen molar-refractivity contribution in [1.82, 2.24) is 9.97 Å². The van der Waals surface area contributed by atoms with Gasteiger partial charge in [0.15, 0.2) is 5.75 Å². The van der Waals surface area contributed by atoms with Crippen LogP contribution in [0.25, 0.3) is 0 Å². The second kappa shape index (κ2) is 5.67. The average molecular weight is 341 g/mol. The molecule has 2 aromatic rings. The molecule has 0 fully saturated rings. The Balaban J connectivity index is 2.36. The van der Waals surface area contributed by atoms with Gasteiger partial charge in [0.1, 0.15) is 5.82 Å². The lowest BCUT2D eigenvalue weighted by molar-refractivity contribution is -0.384. The number of benzene rings is 1. The summed E-state index contributed by atoms with van der Waals surface area (Å²) >= 11 is 3.23. The lowest BCUT2D eigenvalue weighted by Gasteiger charge is -2.08. The average Bonchev–Trinajstić information content (AvgIpc) is 2.40. The zero-order valence-corrected chi connectivity index (χ0v) is 11.5. The fraction of sp³-hybridized carbons (Fsp3) is 0. The van der Waals surface area contributed by atoms with E-state index in [2.05, 4.69) is 31.3 Å². The summed E-state index contributed by atoms with van der Waals surface area (Å²) in [6, 6.07) is 5.51. The van der Waals surface area contributed by atoms with E-state index < -0.39 is 4.92 Å². The van der Waals surface area contributed by atoms with E-state index in [0.717, 1.165) is 0 Å². The summed E-state index contributed by atoms with van der Waals surface area (Å²) in [5, 5.41) is 10.7. The monoisotopic (exact) mass is 340 g/mol. The number of hydrazine groups is 1. The Morgan fingerprint density at radius 1 is 1.35 bits per heavy atom. The molecule has 9 nitrogen and oxygen atoms in total. The Hall–Kier alpha value is -2.46. The molecule has 0 atom stereocenters. The Kier molecular flexibility index (Phi) is 3.96. The lowest BCUT2D eigenvalue weighted by Crippen LogP contribution is -2.10. The molecule has 1 heterocycles. The number of nitro groups is 1. The summed E-state index contributed by atoms with van der Waals surface area (Å²) in [5.41, 5.74) is 7.69. The molecule has 0 bridgehead atoms. The normalized spacial score (nSPS) is 10.1. The number of hydrogen-bond acceptors (Lipinski definition) is 8. The van der Waals surface area contributed by atoms with Crippen LogP contribution < -0.4 is 21.7 Å². The molecule has 0 spiro atoms. The zero-order chi connectivity index (χ0) is 14.7. The summed E-state index contributed by atoms with van der Waals surface area (Å²) in [5.74, 6) is 5.76. The first kappa shape index (κ1) is 14.0. The molecule has 0 saturated carbocycles. The van der Waals surface area contributed by atoms with E-state index in [1.807, 2.05) is 0 Å². The number of anilines is 2. The van der Waals surface area contributed by atoms with Gasteiger partial charge >= 0.3 is 0 Å². The van der Waals surface area contributed by atoms with Crippen LogP contribution in [0.5, 0.6) is 11.6 Å². The maximum absolute atomic E-state index is 10.7. The van der Waals surface area contributed by atoms with Crippen LogP contribution >= 0.6 is 15.9 Å². The van der Waals surface area contributed by atoms with Crippen molar-refractivity contribution in [3.63, 3.8) is 0 Å². The minimum Gasteiger partial charge on any atom is -0.437 e. The molecule has 10 heteroatoms. The van der Waals surface area contributed by atoms with E-state index in [1.165, 1.54) is 24.3 Å². The molecule has 20 heavy (non-hydrogen) atoms. The highest BCUT2D eigenvalue weighted by Gasteiger charge is 2.12. The molecule has 1 aromatic heterocycles. The van der Waals surface area contributed by atoms with Crippen LogP contribution in [0.15, 0.2) is 28.7 Å². The van der Waals surface area contributed by atoms with Crippen LogP contribution in [-0.4, -0.2) is 14.9 Å². The number of non-ortho nitro benzene ring substituents is 1. The maximum Gasteiger partial charge on any atom is 0.273 e. The molecule has 0 saturated heterocycles. The van der Waals surface area contributed by atoms with E-state index in [9.17, 15) is 10.1 Å². The Morgan fingerprint density at radius 2 is 2.10 bits per heavy atom. The zero-order valence-electron chi connectivity index (χ0n) is 9.91. The molecular formula is C10H9BrN6O3. The van der Waals surface area contributed by atoms with Crippen LogP contribution in [0.2, 0.25) is 0 Å². The van der Waals surface area contributed by atoms with Crippen molar-refractivity contribution >= 4 is 33.4 Å². The number of nitrogen functional groups attached to an aromatic ring is 2. The van der Waals surface area contributed by atoms with E-state index in [0.29, 0.717) is 4.47 Å². The molecule has 0 aliphatic rings. The largest absolute Gasteiger partial charge is 0.437 e. The summed E-state index contributed by atoms with van der Waals surface area (Å²) in [6.45, 7) is 0. The standard InChI is InChI=1S/C10H9BrN6O3/c11-6-2-1-5(17(18)19)3-7(6)20-9-4-8(16-13)14-10(12)15-9/h1-4H,13H2,(H3,12,14,15,16). The molecule has 104 valence electrons. The first-order valence-electron chi connectivity index (χ1n) is 5.22. The van der Waals surface area contributed by atoms with Gasteiger partial charge in [-0.15, -0.1) is 0 Å². The van der Waals surface area contributed by atoms with Gasteiger partial charge in [0.05, 0.1) is 15.5 Å². The van der Waals surface area contributed by atoms with Crippen molar-refractivity contribution in [3.05, 3.63) is 38.9 Å². The van der Waals surface area contributed by atoms with E-state index >= 15 is 0 Å². The van der Waals surface area contributed by atoms with Crippen molar-refractivity contribution in [2.24, 2.45) is 5.84 Å². The fourth-order valence-corrected chi connectivity index (χ4v) is 1.69. The molecule has 5 N–H and O–H groups in total. The second-order valence-corrected chi connectivity index (χ2v) is 4.42. The quantitative estimate of drug-likeness (QED) is 0.434. The van der Waals surface area contributed by atoms with Gasteiger partial charge in [0.2, 0.25) is 11.8 Å². The minimum absolute atomic E-state index is 0.0444. The van der Waals surface area contributed by atoms with Crippen molar-refractivity contribution in [1.29, 1.82) is 0 Å². The SMILES string of the molecule is NNc1cc(Oc2cc([N+](=O)[O-])ccc2Br)nc(N)n1. The topological polar surface area (TPSA) is 142 Å². The smallest absolute Gasteiger partial charge is 0.273 e. The summed E-state index contributed by atoms with van der Waals surface area (Å²) in [6.07, 6.45) is 0. The molecule has 0 aliphatic carbocycles. The van der Waals surface area contributed by atoms with Gasteiger partial charge in [-0.05, 0) is 22.0 Å². The molecule has 0 aliphatic heterocycles. The van der Waals surface area contributed by atoms with E-state index in [4.69, 9.17) is 16.3 Å². The third-order valence-corrected chi connectivity index (χ3v) is 2.86. The van der Waals surface area contributed by atoms with Crippen molar-refractivity contribution < 1.29 is 9.66 Å². The van der Waals surface area contributed by atoms with Gasteiger partial charge in [-0.3, -0.25) is 10.1 Å². The predicted octanol–water partition coefficient (Wildman–Crippen LogP) is 1.81. The molecule has 0 amide bonds. The number of hydrogen-bond donors (Lipinski definition) is 3. The Bertz CT molecular complexity index is 665. The summed E-state index contributed by atoms with van der Waals surface area (Å²) in [4.78, 5) is 17.9. The molecule has 0 radical (unpaired) electrons. The first-order valence-corrected chi connectivity index (χ1v) is 6.02. The van der Waals surface area contributed by atoms with Gasteiger partial charge in [-0.1, -0.05) is 0 Å². The third-order valence-electron chi connectivity index (χ3n) is 2.21. The van der Waals surface area contributed by atoms with E-state index in [-0.39, 0.29) is 29.1 Å². The number of ether oxygens (including phenoxy) is 1. The van der Waals surface area contributed by atoms with Gasteiger partial charge < -0.3 is 15.9 Å². The number of rotatable bonds is 4. The van der Waals surface area contributed by atoms with Gasteiger partial charge in [0, 0.05) is 12.1 Å². The lowest BCUT2D eigenvalue weighted by atomic mass is 10.3.